The standard InChI is InChI=1S/C26H20FN3O5/c1-15-11-24(35-30-15)19-4-2-3-18(12-19)23(31)14-25(32)28-22-13-17(7-10-21(22)29-26(33)34)16-5-8-20(27)9-6-16/h2-13,29H,14H2,1H3,(H,28,32)(H,33,34). The van der Waals surface area contributed by atoms with Crippen LogP contribution >= 0.6 is 0 Å². The first kappa shape index (κ1) is 23.4. The molecule has 0 spiro atoms. The lowest BCUT2D eigenvalue weighted by molar-refractivity contribution is -0.115. The average molecular weight is 473 g/mol. The van der Waals surface area contributed by atoms with Crippen molar-refractivity contribution in [1.82, 2.24) is 5.16 Å². The van der Waals surface area contributed by atoms with Gasteiger partial charge in [-0.3, -0.25) is 14.9 Å². The zero-order valence-electron chi connectivity index (χ0n) is 18.5. The summed E-state index contributed by atoms with van der Waals surface area (Å²) >= 11 is 0. The van der Waals surface area contributed by atoms with Gasteiger partial charge in [0.1, 0.15) is 5.82 Å². The maximum Gasteiger partial charge on any atom is 0.409 e. The number of nitrogens with zero attached hydrogens (tertiary/aromatic N) is 1. The third-order valence-corrected chi connectivity index (χ3v) is 5.13. The highest BCUT2D eigenvalue weighted by atomic mass is 19.1. The van der Waals surface area contributed by atoms with Crippen LogP contribution in [0, 0.1) is 12.7 Å². The number of nitrogens with one attached hydrogen (secondary N) is 2. The van der Waals surface area contributed by atoms with E-state index in [1.165, 1.54) is 18.2 Å². The number of ketones is 1. The van der Waals surface area contributed by atoms with Gasteiger partial charge in [0, 0.05) is 17.2 Å². The number of aryl methyl sites for hydroxylation is 1. The maximum atomic E-state index is 13.3. The van der Waals surface area contributed by atoms with Crippen molar-refractivity contribution in [2.24, 2.45) is 0 Å². The second-order valence-corrected chi connectivity index (χ2v) is 7.76. The molecule has 176 valence electrons. The lowest BCUT2D eigenvalue weighted by Crippen LogP contribution is -2.18. The third-order valence-electron chi connectivity index (χ3n) is 5.13. The molecular weight excluding hydrogens is 453 g/mol. The van der Waals surface area contributed by atoms with E-state index in [2.05, 4.69) is 15.8 Å². The van der Waals surface area contributed by atoms with Crippen LogP contribution in [0.15, 0.2) is 77.3 Å². The Bertz CT molecular complexity index is 1410. The van der Waals surface area contributed by atoms with Gasteiger partial charge in [0.15, 0.2) is 11.5 Å². The monoisotopic (exact) mass is 473 g/mol. The fourth-order valence-corrected chi connectivity index (χ4v) is 3.48. The van der Waals surface area contributed by atoms with E-state index in [1.54, 1.807) is 61.5 Å². The first-order valence-electron chi connectivity index (χ1n) is 10.6. The summed E-state index contributed by atoms with van der Waals surface area (Å²) in [5.74, 6) is -0.945. The number of Topliss-reactive ketones (excluding diaryl/α,β-unsaturated/α-hetero) is 1. The Hall–Kier alpha value is -4.79. The molecule has 0 unspecified atom stereocenters. The number of halogens is 1. The van der Waals surface area contributed by atoms with Crippen LogP contribution in [0.3, 0.4) is 0 Å². The highest BCUT2D eigenvalue weighted by molar-refractivity contribution is 6.12. The molecule has 0 aliphatic heterocycles. The van der Waals surface area contributed by atoms with Gasteiger partial charge in [-0.2, -0.15) is 0 Å². The zero-order chi connectivity index (χ0) is 24.9. The van der Waals surface area contributed by atoms with Crippen molar-refractivity contribution < 1.29 is 28.4 Å². The molecule has 2 amide bonds. The molecule has 0 aliphatic carbocycles. The molecule has 0 aliphatic rings. The Kier molecular flexibility index (Phi) is 6.68. The molecule has 0 radical (unpaired) electrons. The summed E-state index contributed by atoms with van der Waals surface area (Å²) in [5.41, 5.74) is 3.25. The first-order chi connectivity index (χ1) is 16.8. The Morgan fingerprint density at radius 1 is 0.886 bits per heavy atom. The molecule has 3 aromatic carbocycles. The van der Waals surface area contributed by atoms with E-state index in [1.807, 2.05) is 0 Å². The molecule has 9 heteroatoms. The van der Waals surface area contributed by atoms with E-state index < -0.39 is 30.0 Å². The third kappa shape index (κ3) is 5.77. The summed E-state index contributed by atoms with van der Waals surface area (Å²) in [4.78, 5) is 36.6. The molecule has 1 heterocycles. The summed E-state index contributed by atoms with van der Waals surface area (Å²) in [6, 6.07) is 18.8. The van der Waals surface area contributed by atoms with E-state index in [0.717, 1.165) is 0 Å². The van der Waals surface area contributed by atoms with E-state index in [4.69, 9.17) is 9.63 Å². The number of hydrogen-bond donors (Lipinski definition) is 3. The zero-order valence-corrected chi connectivity index (χ0v) is 18.5. The van der Waals surface area contributed by atoms with Crippen LogP contribution in [-0.4, -0.2) is 28.0 Å². The van der Waals surface area contributed by atoms with Gasteiger partial charge in [-0.1, -0.05) is 41.6 Å². The van der Waals surface area contributed by atoms with Gasteiger partial charge in [-0.15, -0.1) is 0 Å². The number of carbonyl (C=O) groups excluding carboxylic acids is 2. The number of rotatable bonds is 7. The van der Waals surface area contributed by atoms with Gasteiger partial charge in [-0.05, 0) is 48.4 Å². The van der Waals surface area contributed by atoms with Crippen molar-refractivity contribution in [3.05, 3.63) is 89.9 Å². The molecular formula is C26H20FN3O5. The lowest BCUT2D eigenvalue weighted by atomic mass is 10.0. The van der Waals surface area contributed by atoms with E-state index >= 15 is 0 Å². The Balaban J connectivity index is 1.53. The van der Waals surface area contributed by atoms with Crippen molar-refractivity contribution in [3.8, 4) is 22.5 Å². The van der Waals surface area contributed by atoms with E-state index in [9.17, 15) is 18.8 Å². The summed E-state index contributed by atoms with van der Waals surface area (Å²) in [5, 5.41) is 17.8. The minimum absolute atomic E-state index is 0.131. The van der Waals surface area contributed by atoms with Gasteiger partial charge in [0.2, 0.25) is 5.91 Å². The highest BCUT2D eigenvalue weighted by Gasteiger charge is 2.16. The Morgan fingerprint density at radius 2 is 1.63 bits per heavy atom. The molecule has 0 bridgehead atoms. The number of aromatic nitrogens is 1. The molecule has 3 N–H and O–H groups in total. The van der Waals surface area contributed by atoms with Crippen molar-refractivity contribution in [2.75, 3.05) is 10.6 Å². The van der Waals surface area contributed by atoms with Crippen molar-refractivity contribution in [3.63, 3.8) is 0 Å². The number of benzene rings is 3. The second-order valence-electron chi connectivity index (χ2n) is 7.76. The van der Waals surface area contributed by atoms with Gasteiger partial charge in [0.05, 0.1) is 23.5 Å². The largest absolute Gasteiger partial charge is 0.465 e. The minimum atomic E-state index is -1.31. The molecule has 0 atom stereocenters. The number of carboxylic acid groups (broad SMARTS) is 1. The summed E-state index contributed by atoms with van der Waals surface area (Å²) in [7, 11) is 0. The topological polar surface area (TPSA) is 122 Å². The predicted molar refractivity (Wildman–Crippen MR) is 128 cm³/mol. The Morgan fingerprint density at radius 3 is 2.31 bits per heavy atom. The molecule has 35 heavy (non-hydrogen) atoms. The fraction of sp³-hybridized carbons (Fsp3) is 0.0769. The molecule has 8 nitrogen and oxygen atoms in total. The van der Waals surface area contributed by atoms with Crippen LogP contribution in [0.4, 0.5) is 20.6 Å². The summed E-state index contributed by atoms with van der Waals surface area (Å²) in [6.45, 7) is 1.78. The van der Waals surface area contributed by atoms with Gasteiger partial charge in [0.25, 0.3) is 0 Å². The minimum Gasteiger partial charge on any atom is -0.465 e. The van der Waals surface area contributed by atoms with Crippen molar-refractivity contribution in [2.45, 2.75) is 13.3 Å². The number of hydrogen-bond acceptors (Lipinski definition) is 5. The smallest absolute Gasteiger partial charge is 0.409 e. The number of anilines is 2. The first-order valence-corrected chi connectivity index (χ1v) is 10.6. The maximum absolute atomic E-state index is 13.3. The molecule has 0 saturated carbocycles. The molecule has 0 fully saturated rings. The van der Waals surface area contributed by atoms with Gasteiger partial charge < -0.3 is 14.9 Å². The second kappa shape index (κ2) is 10.0. The van der Waals surface area contributed by atoms with Crippen molar-refractivity contribution >= 4 is 29.2 Å². The van der Waals surface area contributed by atoms with Crippen LogP contribution in [0.2, 0.25) is 0 Å². The quantitative estimate of drug-likeness (QED) is 0.232. The van der Waals surface area contributed by atoms with Gasteiger partial charge >= 0.3 is 6.09 Å². The van der Waals surface area contributed by atoms with Crippen LogP contribution in [0.1, 0.15) is 22.5 Å². The van der Waals surface area contributed by atoms with Crippen molar-refractivity contribution in [1.29, 1.82) is 0 Å². The highest BCUT2D eigenvalue weighted by Crippen LogP contribution is 2.30. The summed E-state index contributed by atoms with van der Waals surface area (Å²) in [6.07, 6.45) is -1.78. The van der Waals surface area contributed by atoms with E-state index in [0.29, 0.717) is 33.7 Å². The lowest BCUT2D eigenvalue weighted by Gasteiger charge is -2.13. The summed E-state index contributed by atoms with van der Waals surface area (Å²) < 4.78 is 18.5. The number of amides is 2. The molecule has 4 aromatic rings. The van der Waals surface area contributed by atoms with Crippen LogP contribution in [0.5, 0.6) is 0 Å². The average Bonchev–Trinajstić information content (AvgIpc) is 3.27. The van der Waals surface area contributed by atoms with E-state index in [-0.39, 0.29) is 11.4 Å². The number of carbonyl (C=O) groups is 3. The SMILES string of the molecule is Cc1cc(-c2cccc(C(=O)CC(=O)Nc3cc(-c4ccc(F)cc4)ccc3NC(=O)O)c2)on1. The normalized spacial score (nSPS) is 10.6. The molecule has 1 aromatic heterocycles. The molecule has 0 saturated heterocycles. The predicted octanol–water partition coefficient (Wildman–Crippen LogP) is 5.76. The van der Waals surface area contributed by atoms with Gasteiger partial charge in [-0.25, -0.2) is 9.18 Å². The van der Waals surface area contributed by atoms with Crippen LogP contribution < -0.4 is 10.6 Å². The molecule has 4 rings (SSSR count). The fourth-order valence-electron chi connectivity index (χ4n) is 3.48. The Labute approximate surface area is 199 Å². The van der Waals surface area contributed by atoms with Crippen LogP contribution in [-0.2, 0) is 4.79 Å². The van der Waals surface area contributed by atoms with Crippen LogP contribution in [0.25, 0.3) is 22.5 Å².